The fourth-order valence-electron chi connectivity index (χ4n) is 1.70. The third-order valence-corrected chi connectivity index (χ3v) is 3.48. The largest absolute Gasteiger partial charge is 0.481 e. The summed E-state index contributed by atoms with van der Waals surface area (Å²) in [6.07, 6.45) is -0.893. The van der Waals surface area contributed by atoms with Gasteiger partial charge in [-0.1, -0.05) is 0 Å². The normalized spacial score (nSPS) is 14.0. The van der Waals surface area contributed by atoms with E-state index in [0.29, 0.717) is 0 Å². The van der Waals surface area contributed by atoms with Gasteiger partial charge in [-0.05, 0) is 12.8 Å². The van der Waals surface area contributed by atoms with Crippen molar-refractivity contribution >= 4 is 42.3 Å². The molecule has 0 heterocycles. The average molecular weight is 378 g/mol. The molecule has 0 aliphatic heterocycles. The highest BCUT2D eigenvalue weighted by molar-refractivity contribution is 7.80. The van der Waals surface area contributed by atoms with E-state index >= 15 is 0 Å². The third-order valence-electron chi connectivity index (χ3n) is 3.12. The smallest absolute Gasteiger partial charge is 0.326 e. The molecule has 0 aromatic heterocycles. The number of carboxylic acids is 2. The van der Waals surface area contributed by atoms with E-state index in [-0.39, 0.29) is 31.4 Å². The molecule has 0 aliphatic rings. The van der Waals surface area contributed by atoms with Crippen LogP contribution in [0.1, 0.15) is 25.7 Å². The Labute approximate surface area is 148 Å². The number of primary amides is 1. The lowest BCUT2D eigenvalue weighted by Gasteiger charge is -2.21. The predicted octanol–water partition coefficient (Wildman–Crippen LogP) is -2.57. The lowest BCUT2D eigenvalue weighted by Crippen LogP contribution is -2.55. The number of nitrogens with one attached hydrogen (secondary N) is 2. The summed E-state index contributed by atoms with van der Waals surface area (Å²) in [7, 11) is 0. The molecule has 0 rings (SSSR count). The van der Waals surface area contributed by atoms with Gasteiger partial charge in [0.25, 0.3) is 0 Å². The van der Waals surface area contributed by atoms with Crippen LogP contribution in [0.3, 0.4) is 0 Å². The molecule has 0 aromatic rings. The standard InChI is InChI=1S/C13H22N4O7S/c14-6(1-4-10(19)20)11(21)17-8(5-25)12(22)16-7(13(23)24)2-3-9(15)18/h6-8,25H,1-5,14H2,(H2,15,18)(H,16,22)(H,17,21)(H,19,20)(H,23,24). The molecule has 0 spiro atoms. The molecule has 0 fully saturated rings. The molecule has 0 saturated carbocycles. The number of amides is 3. The molecule has 0 aromatic carbocycles. The van der Waals surface area contributed by atoms with Crippen molar-refractivity contribution in [1.82, 2.24) is 10.6 Å². The first-order chi connectivity index (χ1) is 11.6. The third kappa shape index (κ3) is 9.52. The van der Waals surface area contributed by atoms with Crippen molar-refractivity contribution in [1.29, 1.82) is 0 Å². The molecule has 11 nitrogen and oxygen atoms in total. The Morgan fingerprint density at radius 2 is 1.48 bits per heavy atom. The Bertz CT molecular complexity index is 529. The number of thiol groups is 1. The van der Waals surface area contributed by atoms with Crippen LogP contribution in [-0.4, -0.2) is 63.8 Å². The van der Waals surface area contributed by atoms with Gasteiger partial charge in [0.1, 0.15) is 12.1 Å². The van der Waals surface area contributed by atoms with Crippen molar-refractivity contribution in [3.63, 3.8) is 0 Å². The van der Waals surface area contributed by atoms with Crippen LogP contribution in [0, 0.1) is 0 Å². The van der Waals surface area contributed by atoms with E-state index in [4.69, 9.17) is 21.7 Å². The molecular weight excluding hydrogens is 356 g/mol. The second kappa shape index (κ2) is 11.3. The molecule has 25 heavy (non-hydrogen) atoms. The Morgan fingerprint density at radius 3 is 1.92 bits per heavy atom. The first-order valence-electron chi connectivity index (χ1n) is 7.28. The number of rotatable bonds is 12. The van der Waals surface area contributed by atoms with Crippen molar-refractivity contribution in [3.05, 3.63) is 0 Å². The van der Waals surface area contributed by atoms with Crippen LogP contribution in [0.25, 0.3) is 0 Å². The van der Waals surface area contributed by atoms with Gasteiger partial charge in [0.2, 0.25) is 17.7 Å². The predicted molar refractivity (Wildman–Crippen MR) is 88.6 cm³/mol. The Morgan fingerprint density at radius 1 is 0.920 bits per heavy atom. The van der Waals surface area contributed by atoms with Gasteiger partial charge in [0, 0.05) is 18.6 Å². The van der Waals surface area contributed by atoms with E-state index in [1.54, 1.807) is 0 Å². The van der Waals surface area contributed by atoms with Gasteiger partial charge in [-0.2, -0.15) is 12.6 Å². The number of carboxylic acid groups (broad SMARTS) is 2. The van der Waals surface area contributed by atoms with Gasteiger partial charge >= 0.3 is 11.9 Å². The second-order valence-electron chi connectivity index (χ2n) is 5.19. The maximum atomic E-state index is 12.1. The van der Waals surface area contributed by atoms with E-state index < -0.39 is 47.8 Å². The Kier molecular flexibility index (Phi) is 10.2. The van der Waals surface area contributed by atoms with Gasteiger partial charge in [-0.15, -0.1) is 0 Å². The van der Waals surface area contributed by atoms with Crippen LogP contribution in [0.15, 0.2) is 0 Å². The van der Waals surface area contributed by atoms with Crippen molar-refractivity contribution in [2.24, 2.45) is 11.5 Å². The molecule has 0 saturated heterocycles. The number of carbonyl (C=O) groups is 5. The zero-order valence-electron chi connectivity index (χ0n) is 13.3. The fourth-order valence-corrected chi connectivity index (χ4v) is 1.96. The van der Waals surface area contributed by atoms with Crippen LogP contribution in [-0.2, 0) is 24.0 Å². The maximum absolute atomic E-state index is 12.1. The summed E-state index contributed by atoms with van der Waals surface area (Å²) >= 11 is 3.91. The highest BCUT2D eigenvalue weighted by Crippen LogP contribution is 2.01. The molecular formula is C13H22N4O7S. The van der Waals surface area contributed by atoms with E-state index in [0.717, 1.165) is 0 Å². The van der Waals surface area contributed by atoms with Crippen LogP contribution >= 0.6 is 12.6 Å². The summed E-state index contributed by atoms with van der Waals surface area (Å²) in [6.45, 7) is 0. The molecule has 0 radical (unpaired) electrons. The van der Waals surface area contributed by atoms with E-state index in [2.05, 4.69) is 23.3 Å². The SMILES string of the molecule is NC(=O)CCC(NC(=O)C(CS)NC(=O)C(N)CCC(=O)O)C(=O)O. The van der Waals surface area contributed by atoms with E-state index in [9.17, 15) is 24.0 Å². The number of nitrogens with two attached hydrogens (primary N) is 2. The molecule has 0 aliphatic carbocycles. The number of hydrogen-bond acceptors (Lipinski definition) is 7. The zero-order valence-corrected chi connectivity index (χ0v) is 14.2. The minimum Gasteiger partial charge on any atom is -0.481 e. The molecule has 0 bridgehead atoms. The lowest BCUT2D eigenvalue weighted by molar-refractivity contribution is -0.142. The molecule has 8 N–H and O–H groups in total. The van der Waals surface area contributed by atoms with Crippen LogP contribution in [0.5, 0.6) is 0 Å². The quantitative estimate of drug-likeness (QED) is 0.179. The van der Waals surface area contributed by atoms with Crippen LogP contribution < -0.4 is 22.1 Å². The van der Waals surface area contributed by atoms with Gasteiger partial charge in [0.05, 0.1) is 6.04 Å². The molecule has 3 amide bonds. The number of hydrogen-bond donors (Lipinski definition) is 7. The first-order valence-corrected chi connectivity index (χ1v) is 7.91. The molecule has 3 atom stereocenters. The first kappa shape index (κ1) is 22.7. The highest BCUT2D eigenvalue weighted by atomic mass is 32.1. The van der Waals surface area contributed by atoms with Gasteiger partial charge in [-0.3, -0.25) is 19.2 Å². The van der Waals surface area contributed by atoms with Crippen molar-refractivity contribution in [3.8, 4) is 0 Å². The summed E-state index contributed by atoms with van der Waals surface area (Å²) in [5, 5.41) is 22.0. The summed E-state index contributed by atoms with van der Waals surface area (Å²) in [6, 6.07) is -3.68. The van der Waals surface area contributed by atoms with Crippen LogP contribution in [0.2, 0.25) is 0 Å². The van der Waals surface area contributed by atoms with Gasteiger partial charge in [0.15, 0.2) is 0 Å². The Balaban J connectivity index is 4.71. The van der Waals surface area contributed by atoms with Crippen molar-refractivity contribution in [2.75, 3.05) is 5.75 Å². The number of aliphatic carboxylic acids is 2. The minimum absolute atomic E-state index is 0.127. The molecule has 12 heteroatoms. The second-order valence-corrected chi connectivity index (χ2v) is 5.55. The van der Waals surface area contributed by atoms with Gasteiger partial charge < -0.3 is 32.3 Å². The summed E-state index contributed by atoms with van der Waals surface area (Å²) < 4.78 is 0. The monoisotopic (exact) mass is 378 g/mol. The fraction of sp³-hybridized carbons (Fsp3) is 0.615. The molecule has 3 unspecified atom stereocenters. The molecule has 142 valence electrons. The van der Waals surface area contributed by atoms with E-state index in [1.165, 1.54) is 0 Å². The van der Waals surface area contributed by atoms with E-state index in [1.807, 2.05) is 0 Å². The highest BCUT2D eigenvalue weighted by Gasteiger charge is 2.27. The van der Waals surface area contributed by atoms with Crippen molar-refractivity contribution < 1.29 is 34.2 Å². The van der Waals surface area contributed by atoms with Crippen molar-refractivity contribution in [2.45, 2.75) is 43.8 Å². The Hall–Kier alpha value is -2.34. The lowest BCUT2D eigenvalue weighted by atomic mass is 10.1. The van der Waals surface area contributed by atoms with Crippen LogP contribution in [0.4, 0.5) is 0 Å². The minimum atomic E-state index is -1.36. The summed E-state index contributed by atoms with van der Waals surface area (Å²) in [5.41, 5.74) is 10.5. The number of carbonyl (C=O) groups excluding carboxylic acids is 3. The summed E-state index contributed by atoms with van der Waals surface area (Å²) in [4.78, 5) is 56.2. The maximum Gasteiger partial charge on any atom is 0.326 e. The average Bonchev–Trinajstić information content (AvgIpc) is 2.52. The topological polar surface area (TPSA) is 202 Å². The van der Waals surface area contributed by atoms with Gasteiger partial charge in [-0.25, -0.2) is 4.79 Å². The zero-order chi connectivity index (χ0) is 19.6. The summed E-state index contributed by atoms with van der Waals surface area (Å²) in [5.74, 6) is -4.94.